The van der Waals surface area contributed by atoms with Gasteiger partial charge in [0.1, 0.15) is 11.6 Å². The minimum atomic E-state index is 0.174. The third-order valence-electron chi connectivity index (χ3n) is 3.08. The summed E-state index contributed by atoms with van der Waals surface area (Å²) in [6.45, 7) is 5.96. The lowest BCUT2D eigenvalue weighted by Gasteiger charge is -2.13. The lowest BCUT2D eigenvalue weighted by atomic mass is 10.3. The second kappa shape index (κ2) is 6.50. The first-order chi connectivity index (χ1) is 9.51. The van der Waals surface area contributed by atoms with Gasteiger partial charge in [-0.05, 0) is 40.1 Å². The molecule has 2 aromatic rings. The zero-order valence-electron chi connectivity index (χ0n) is 12.6. The Balaban J connectivity index is 2.36. The largest absolute Gasteiger partial charge is 0.491 e. The van der Waals surface area contributed by atoms with Crippen molar-refractivity contribution in [3.8, 4) is 5.75 Å². The second-order valence-corrected chi connectivity index (χ2v) is 5.77. The van der Waals surface area contributed by atoms with Crippen LogP contribution in [0.2, 0.25) is 0 Å². The maximum absolute atomic E-state index is 5.73. The highest BCUT2D eigenvalue weighted by Gasteiger charge is 2.11. The van der Waals surface area contributed by atoms with Crippen LogP contribution in [0.3, 0.4) is 0 Å². The van der Waals surface area contributed by atoms with E-state index in [4.69, 9.17) is 4.74 Å². The number of thiol groups is 1. The average Bonchev–Trinajstić information content (AvgIpc) is 2.72. The Labute approximate surface area is 126 Å². The molecular formula is C15H23N3OS. The second-order valence-electron chi connectivity index (χ2n) is 5.46. The molecule has 0 saturated heterocycles. The fraction of sp³-hybridized carbons (Fsp3) is 0.533. The SMILES string of the molecule is CC(C)Oc1ccc2c(c1)nc(CS)n2CCN(C)C. The van der Waals surface area contributed by atoms with Gasteiger partial charge in [0.2, 0.25) is 0 Å². The number of aromatic nitrogens is 2. The number of imidazole rings is 1. The van der Waals surface area contributed by atoms with E-state index < -0.39 is 0 Å². The molecule has 0 aliphatic rings. The van der Waals surface area contributed by atoms with E-state index in [2.05, 4.69) is 47.2 Å². The number of ether oxygens (including phenoxy) is 1. The van der Waals surface area contributed by atoms with E-state index in [0.717, 1.165) is 35.7 Å². The monoisotopic (exact) mass is 293 g/mol. The molecule has 1 heterocycles. The minimum Gasteiger partial charge on any atom is -0.491 e. The molecule has 1 aromatic carbocycles. The Morgan fingerprint density at radius 3 is 2.70 bits per heavy atom. The normalized spacial score (nSPS) is 11.8. The third kappa shape index (κ3) is 3.46. The van der Waals surface area contributed by atoms with Gasteiger partial charge in [0, 0.05) is 24.9 Å². The molecule has 0 unspecified atom stereocenters. The van der Waals surface area contributed by atoms with Gasteiger partial charge in [0.05, 0.1) is 17.1 Å². The van der Waals surface area contributed by atoms with Crippen LogP contribution < -0.4 is 4.74 Å². The van der Waals surface area contributed by atoms with E-state index in [-0.39, 0.29) is 6.10 Å². The van der Waals surface area contributed by atoms with Crippen molar-refractivity contribution in [1.29, 1.82) is 0 Å². The van der Waals surface area contributed by atoms with Gasteiger partial charge in [-0.25, -0.2) is 4.98 Å². The fourth-order valence-corrected chi connectivity index (χ4v) is 2.42. The van der Waals surface area contributed by atoms with Crippen LogP contribution >= 0.6 is 12.6 Å². The van der Waals surface area contributed by atoms with Gasteiger partial charge in [-0.3, -0.25) is 0 Å². The van der Waals surface area contributed by atoms with Crippen molar-refractivity contribution >= 4 is 23.7 Å². The van der Waals surface area contributed by atoms with Crippen molar-refractivity contribution < 1.29 is 4.74 Å². The molecule has 110 valence electrons. The zero-order valence-corrected chi connectivity index (χ0v) is 13.5. The number of fused-ring (bicyclic) bond motifs is 1. The maximum Gasteiger partial charge on any atom is 0.121 e. The van der Waals surface area contributed by atoms with Gasteiger partial charge in [-0.2, -0.15) is 12.6 Å². The molecule has 0 aliphatic carbocycles. The van der Waals surface area contributed by atoms with Gasteiger partial charge in [0.15, 0.2) is 0 Å². The summed E-state index contributed by atoms with van der Waals surface area (Å²) in [6, 6.07) is 6.11. The maximum atomic E-state index is 5.73. The summed E-state index contributed by atoms with van der Waals surface area (Å²) >= 11 is 4.39. The number of benzene rings is 1. The average molecular weight is 293 g/mol. The first-order valence-electron chi connectivity index (χ1n) is 6.92. The van der Waals surface area contributed by atoms with Gasteiger partial charge >= 0.3 is 0 Å². The molecule has 20 heavy (non-hydrogen) atoms. The standard InChI is InChI=1S/C15H23N3OS/c1-11(2)19-12-5-6-14-13(9-12)16-15(10-20)18(14)8-7-17(3)4/h5-6,9,11,20H,7-8,10H2,1-4H3. The van der Waals surface area contributed by atoms with E-state index in [1.165, 1.54) is 0 Å². The molecule has 1 aromatic heterocycles. The van der Waals surface area contributed by atoms with E-state index in [1.807, 2.05) is 26.0 Å². The fourth-order valence-electron chi connectivity index (χ4n) is 2.18. The lowest BCUT2D eigenvalue weighted by molar-refractivity contribution is 0.242. The predicted octanol–water partition coefficient (Wildman–Crippen LogP) is 2.81. The quantitative estimate of drug-likeness (QED) is 0.831. The molecule has 0 spiro atoms. The summed E-state index contributed by atoms with van der Waals surface area (Å²) in [5, 5.41) is 0. The number of hydrogen-bond acceptors (Lipinski definition) is 4. The van der Waals surface area contributed by atoms with E-state index >= 15 is 0 Å². The topological polar surface area (TPSA) is 30.3 Å². The van der Waals surface area contributed by atoms with Crippen molar-refractivity contribution in [1.82, 2.24) is 14.5 Å². The van der Waals surface area contributed by atoms with E-state index in [0.29, 0.717) is 5.75 Å². The Morgan fingerprint density at radius 2 is 2.10 bits per heavy atom. The Morgan fingerprint density at radius 1 is 1.35 bits per heavy atom. The first kappa shape index (κ1) is 15.2. The van der Waals surface area contributed by atoms with Gasteiger partial charge in [-0.15, -0.1) is 0 Å². The third-order valence-corrected chi connectivity index (χ3v) is 3.37. The summed E-state index contributed by atoms with van der Waals surface area (Å²) in [5.41, 5.74) is 2.12. The smallest absolute Gasteiger partial charge is 0.121 e. The highest BCUT2D eigenvalue weighted by molar-refractivity contribution is 7.79. The van der Waals surface area contributed by atoms with Gasteiger partial charge in [-0.1, -0.05) is 0 Å². The molecule has 4 nitrogen and oxygen atoms in total. The Hall–Kier alpha value is -1.20. The lowest BCUT2D eigenvalue weighted by Crippen LogP contribution is -2.19. The highest BCUT2D eigenvalue weighted by Crippen LogP contribution is 2.23. The molecule has 0 aliphatic heterocycles. The summed E-state index contributed by atoms with van der Waals surface area (Å²) in [7, 11) is 4.15. The molecule has 0 N–H and O–H groups in total. The Bertz CT molecular complexity index is 578. The molecule has 0 saturated carbocycles. The summed E-state index contributed by atoms with van der Waals surface area (Å²) in [5.74, 6) is 2.52. The van der Waals surface area contributed by atoms with Crippen molar-refractivity contribution in [2.45, 2.75) is 32.2 Å². The molecule has 0 fully saturated rings. The summed E-state index contributed by atoms with van der Waals surface area (Å²) < 4.78 is 7.96. The van der Waals surface area contributed by atoms with Crippen LogP contribution in [0, 0.1) is 0 Å². The Kier molecular flexibility index (Phi) is 4.94. The molecule has 0 atom stereocenters. The van der Waals surface area contributed by atoms with Crippen molar-refractivity contribution in [2.24, 2.45) is 0 Å². The van der Waals surface area contributed by atoms with Gasteiger partial charge < -0.3 is 14.2 Å². The van der Waals surface area contributed by atoms with E-state index in [9.17, 15) is 0 Å². The zero-order chi connectivity index (χ0) is 14.7. The minimum absolute atomic E-state index is 0.174. The van der Waals surface area contributed by atoms with Crippen molar-refractivity contribution in [3.05, 3.63) is 24.0 Å². The van der Waals surface area contributed by atoms with Crippen LogP contribution in [0.5, 0.6) is 5.75 Å². The van der Waals surface area contributed by atoms with Crippen LogP contribution in [-0.2, 0) is 12.3 Å². The van der Waals surface area contributed by atoms with Gasteiger partial charge in [0.25, 0.3) is 0 Å². The molecular weight excluding hydrogens is 270 g/mol. The van der Waals surface area contributed by atoms with Crippen LogP contribution in [0.25, 0.3) is 11.0 Å². The summed E-state index contributed by atoms with van der Waals surface area (Å²) in [6.07, 6.45) is 0.174. The molecule has 0 bridgehead atoms. The van der Waals surface area contributed by atoms with Crippen molar-refractivity contribution in [3.63, 3.8) is 0 Å². The molecule has 2 rings (SSSR count). The number of nitrogens with zero attached hydrogens (tertiary/aromatic N) is 3. The number of hydrogen-bond donors (Lipinski definition) is 1. The van der Waals surface area contributed by atoms with Crippen LogP contribution in [0.15, 0.2) is 18.2 Å². The molecule has 5 heteroatoms. The predicted molar refractivity (Wildman–Crippen MR) is 86.7 cm³/mol. The van der Waals surface area contributed by atoms with Crippen LogP contribution in [-0.4, -0.2) is 41.2 Å². The number of likely N-dealkylation sites (N-methyl/N-ethyl adjacent to an activating group) is 1. The van der Waals surface area contributed by atoms with E-state index in [1.54, 1.807) is 0 Å². The highest BCUT2D eigenvalue weighted by atomic mass is 32.1. The molecule has 0 amide bonds. The number of rotatable bonds is 6. The van der Waals surface area contributed by atoms with Crippen molar-refractivity contribution in [2.75, 3.05) is 20.6 Å². The summed E-state index contributed by atoms with van der Waals surface area (Å²) in [4.78, 5) is 6.84. The van der Waals surface area contributed by atoms with Crippen LogP contribution in [0.1, 0.15) is 19.7 Å². The molecule has 0 radical (unpaired) electrons. The first-order valence-corrected chi connectivity index (χ1v) is 7.56. The van der Waals surface area contributed by atoms with Crippen LogP contribution in [0.4, 0.5) is 0 Å².